The van der Waals surface area contributed by atoms with E-state index in [0.717, 1.165) is 37.3 Å². The molecule has 8 heteroatoms. The van der Waals surface area contributed by atoms with Crippen LogP contribution in [0.4, 0.5) is 10.2 Å². The molecule has 0 saturated heterocycles. The van der Waals surface area contributed by atoms with Crippen LogP contribution in [-0.2, 0) is 12.1 Å². The monoisotopic (exact) mass is 397 g/mol. The van der Waals surface area contributed by atoms with Gasteiger partial charge in [-0.05, 0) is 51.0 Å². The van der Waals surface area contributed by atoms with Crippen molar-refractivity contribution in [2.75, 3.05) is 5.32 Å². The lowest BCUT2D eigenvalue weighted by Gasteiger charge is -2.19. The minimum absolute atomic E-state index is 0.267. The van der Waals surface area contributed by atoms with Crippen molar-refractivity contribution in [3.05, 3.63) is 52.7 Å². The van der Waals surface area contributed by atoms with Crippen LogP contribution < -0.4 is 5.32 Å². The summed E-state index contributed by atoms with van der Waals surface area (Å²) in [5, 5.41) is 23.0. The van der Waals surface area contributed by atoms with Gasteiger partial charge >= 0.3 is 0 Å². The van der Waals surface area contributed by atoms with Crippen LogP contribution >= 0.6 is 11.3 Å². The second-order valence-electron chi connectivity index (χ2n) is 7.32. The molecule has 0 aliphatic heterocycles. The fourth-order valence-electron chi connectivity index (χ4n) is 3.15. The summed E-state index contributed by atoms with van der Waals surface area (Å²) in [6.07, 6.45) is 1.53. The normalized spacial score (nSPS) is 12.1. The summed E-state index contributed by atoms with van der Waals surface area (Å²) in [6.45, 7) is 7.52. The van der Waals surface area contributed by atoms with Gasteiger partial charge < -0.3 is 10.4 Å². The fourth-order valence-corrected chi connectivity index (χ4v) is 4.24. The summed E-state index contributed by atoms with van der Waals surface area (Å²) in [7, 11) is 0. The number of anilines is 1. The molecular weight excluding hydrogens is 377 g/mol. The maximum atomic E-state index is 14.0. The highest BCUT2D eigenvalue weighted by atomic mass is 32.1. The topological polar surface area (TPSA) is 83.8 Å². The number of aliphatic hydroxyl groups is 1. The Bertz CT molecular complexity index is 1200. The Kier molecular flexibility index (Phi) is 4.47. The van der Waals surface area contributed by atoms with Crippen molar-refractivity contribution in [3.8, 4) is 0 Å². The first-order chi connectivity index (χ1) is 13.3. The summed E-state index contributed by atoms with van der Waals surface area (Å²) >= 11 is 1.50. The fraction of sp³-hybridized carbons (Fsp3) is 0.300. The zero-order valence-corrected chi connectivity index (χ0v) is 16.9. The van der Waals surface area contributed by atoms with Crippen LogP contribution in [0.25, 0.3) is 20.4 Å². The van der Waals surface area contributed by atoms with Gasteiger partial charge in [-0.25, -0.2) is 14.4 Å². The molecule has 28 heavy (non-hydrogen) atoms. The Labute approximate surface area is 165 Å². The van der Waals surface area contributed by atoms with Gasteiger partial charge in [0.15, 0.2) is 0 Å². The van der Waals surface area contributed by atoms with E-state index in [1.54, 1.807) is 26.0 Å². The van der Waals surface area contributed by atoms with Crippen LogP contribution in [0, 0.1) is 19.7 Å². The summed E-state index contributed by atoms with van der Waals surface area (Å²) in [4.78, 5) is 9.66. The van der Waals surface area contributed by atoms with Gasteiger partial charge in [-0.1, -0.05) is 6.07 Å². The molecule has 0 spiro atoms. The molecule has 0 amide bonds. The highest BCUT2D eigenvalue weighted by Gasteiger charge is 2.21. The van der Waals surface area contributed by atoms with Crippen molar-refractivity contribution >= 4 is 37.6 Å². The Morgan fingerprint density at radius 3 is 2.71 bits per heavy atom. The van der Waals surface area contributed by atoms with Crippen molar-refractivity contribution in [1.82, 2.24) is 20.2 Å². The van der Waals surface area contributed by atoms with Gasteiger partial charge in [0.1, 0.15) is 22.8 Å². The molecule has 0 aliphatic rings. The number of nitrogens with zero attached hydrogens (tertiary/aromatic N) is 4. The van der Waals surface area contributed by atoms with E-state index in [-0.39, 0.29) is 5.56 Å². The molecule has 144 valence electrons. The third-order valence-corrected chi connectivity index (χ3v) is 5.88. The average Bonchev–Trinajstić information content (AvgIpc) is 3.03. The van der Waals surface area contributed by atoms with Gasteiger partial charge in [-0.2, -0.15) is 5.10 Å². The second kappa shape index (κ2) is 6.72. The molecule has 4 rings (SSSR count). The van der Waals surface area contributed by atoms with Crippen LogP contribution in [-0.4, -0.2) is 25.3 Å². The van der Waals surface area contributed by atoms with Gasteiger partial charge in [0.25, 0.3) is 0 Å². The molecule has 0 bridgehead atoms. The minimum atomic E-state index is -1.25. The SMILES string of the molecule is Cc1nnc2sc3c(NCc4ccc(F)c(C(C)(C)O)c4)ncnc3c2c1C. The van der Waals surface area contributed by atoms with E-state index >= 15 is 0 Å². The molecule has 0 radical (unpaired) electrons. The van der Waals surface area contributed by atoms with Gasteiger partial charge in [0.05, 0.1) is 21.5 Å². The molecule has 0 aliphatic carbocycles. The third kappa shape index (κ3) is 3.18. The van der Waals surface area contributed by atoms with Crippen LogP contribution in [0.5, 0.6) is 0 Å². The largest absolute Gasteiger partial charge is 0.386 e. The molecule has 3 heterocycles. The Morgan fingerprint density at radius 1 is 1.18 bits per heavy atom. The molecule has 2 N–H and O–H groups in total. The average molecular weight is 397 g/mol. The molecule has 0 fully saturated rings. The lowest BCUT2D eigenvalue weighted by atomic mass is 9.96. The van der Waals surface area contributed by atoms with E-state index in [4.69, 9.17) is 0 Å². The van der Waals surface area contributed by atoms with E-state index in [1.807, 2.05) is 13.8 Å². The Balaban J connectivity index is 1.71. The van der Waals surface area contributed by atoms with Crippen molar-refractivity contribution in [3.63, 3.8) is 0 Å². The molecule has 0 atom stereocenters. The Hall–Kier alpha value is -2.71. The first-order valence-corrected chi connectivity index (χ1v) is 9.69. The lowest BCUT2D eigenvalue weighted by molar-refractivity contribution is 0.0744. The zero-order chi connectivity index (χ0) is 20.1. The molecule has 0 saturated carbocycles. The van der Waals surface area contributed by atoms with Crippen molar-refractivity contribution in [2.45, 2.75) is 39.8 Å². The third-order valence-electron chi connectivity index (χ3n) is 4.81. The van der Waals surface area contributed by atoms with Crippen LogP contribution in [0.2, 0.25) is 0 Å². The first-order valence-electron chi connectivity index (χ1n) is 8.88. The highest BCUT2D eigenvalue weighted by molar-refractivity contribution is 7.25. The number of benzene rings is 1. The van der Waals surface area contributed by atoms with Crippen molar-refractivity contribution in [2.24, 2.45) is 0 Å². The van der Waals surface area contributed by atoms with Crippen LogP contribution in [0.15, 0.2) is 24.5 Å². The molecule has 0 unspecified atom stereocenters. The molecule has 3 aromatic heterocycles. The quantitative estimate of drug-likeness (QED) is 0.536. The van der Waals surface area contributed by atoms with E-state index in [2.05, 4.69) is 25.5 Å². The van der Waals surface area contributed by atoms with Crippen molar-refractivity contribution < 1.29 is 9.50 Å². The maximum absolute atomic E-state index is 14.0. The zero-order valence-electron chi connectivity index (χ0n) is 16.0. The molecule has 1 aromatic carbocycles. The molecular formula is C20H20FN5OS. The minimum Gasteiger partial charge on any atom is -0.386 e. The number of hydrogen-bond acceptors (Lipinski definition) is 7. The number of nitrogens with one attached hydrogen (secondary N) is 1. The summed E-state index contributed by atoms with van der Waals surface area (Å²) in [5.41, 5.74) is 2.66. The van der Waals surface area contributed by atoms with Gasteiger partial charge in [-0.15, -0.1) is 16.4 Å². The summed E-state index contributed by atoms with van der Waals surface area (Å²) in [6, 6.07) is 4.74. The van der Waals surface area contributed by atoms with E-state index in [9.17, 15) is 9.50 Å². The smallest absolute Gasteiger partial charge is 0.149 e. The number of hydrogen-bond donors (Lipinski definition) is 2. The highest BCUT2D eigenvalue weighted by Crippen LogP contribution is 2.36. The summed E-state index contributed by atoms with van der Waals surface area (Å²) in [5.74, 6) is 0.272. The first kappa shape index (κ1) is 18.6. The van der Waals surface area contributed by atoms with Crippen LogP contribution in [0.1, 0.15) is 36.2 Å². The molecule has 6 nitrogen and oxygen atoms in total. The molecule has 4 aromatic rings. The van der Waals surface area contributed by atoms with Gasteiger partial charge in [-0.3, -0.25) is 0 Å². The van der Waals surface area contributed by atoms with E-state index < -0.39 is 11.4 Å². The number of thiophene rings is 1. The second-order valence-corrected chi connectivity index (χ2v) is 8.32. The predicted molar refractivity (Wildman–Crippen MR) is 109 cm³/mol. The van der Waals surface area contributed by atoms with Crippen LogP contribution in [0.3, 0.4) is 0 Å². The number of halogens is 1. The lowest BCUT2D eigenvalue weighted by Crippen LogP contribution is -2.18. The van der Waals surface area contributed by atoms with E-state index in [0.29, 0.717) is 12.4 Å². The van der Waals surface area contributed by atoms with Gasteiger partial charge in [0.2, 0.25) is 0 Å². The Morgan fingerprint density at radius 2 is 1.96 bits per heavy atom. The van der Waals surface area contributed by atoms with Gasteiger partial charge in [0, 0.05) is 17.5 Å². The maximum Gasteiger partial charge on any atom is 0.149 e. The summed E-state index contributed by atoms with van der Waals surface area (Å²) < 4.78 is 14.9. The van der Waals surface area contributed by atoms with E-state index in [1.165, 1.54) is 23.7 Å². The number of aromatic nitrogens is 4. The predicted octanol–water partition coefficient (Wildman–Crippen LogP) is 4.23. The number of fused-ring (bicyclic) bond motifs is 3. The number of rotatable bonds is 4. The van der Waals surface area contributed by atoms with Crippen molar-refractivity contribution in [1.29, 1.82) is 0 Å². The standard InChI is InChI=1S/C20H20FN5OS/c1-10-11(2)25-26-19-15(10)16-17(28-19)18(24-9-23-16)22-8-12-5-6-14(21)13(7-12)20(3,4)27/h5-7,9,27H,8H2,1-4H3,(H,22,23,24). The number of aryl methyl sites for hydroxylation is 2.